The number of fused-ring (bicyclic) bond motifs is 3. The minimum Gasteiger partial charge on any atom is -0.248 e. The summed E-state index contributed by atoms with van der Waals surface area (Å²) in [6.45, 7) is 0. The maximum Gasteiger partial charge on any atom is 0.160 e. The van der Waals surface area contributed by atoms with Crippen LogP contribution >= 0.6 is 0 Å². The van der Waals surface area contributed by atoms with Crippen molar-refractivity contribution in [2.75, 3.05) is 0 Å². The van der Waals surface area contributed by atoms with E-state index in [0.29, 0.717) is 5.82 Å². The van der Waals surface area contributed by atoms with Crippen molar-refractivity contribution in [3.8, 4) is 67.4 Å². The third kappa shape index (κ3) is 5.61. The molecule has 2 heterocycles. The van der Waals surface area contributed by atoms with E-state index in [9.17, 15) is 0 Å². The normalized spacial score (nSPS) is 11.2. The minimum absolute atomic E-state index is 0.692. The number of hydrogen-bond donors (Lipinski definition) is 0. The fourth-order valence-corrected chi connectivity index (χ4v) is 6.76. The Morgan fingerprint density at radius 2 is 0.820 bits per heavy atom. The van der Waals surface area contributed by atoms with Crippen LogP contribution in [0, 0.1) is 0 Å². The lowest BCUT2D eigenvalue weighted by molar-refractivity contribution is 1.18. The van der Waals surface area contributed by atoms with Gasteiger partial charge in [-0.15, -0.1) is 0 Å². The van der Waals surface area contributed by atoms with Gasteiger partial charge in [-0.3, -0.25) is 0 Å². The number of aromatic nitrogens is 3. The number of hydrogen-bond acceptors (Lipinski definition) is 3. The standard InChI is InChI=1S/C47H31N3/c1-4-13-32(14-5-1)33-23-25-36(26-24-33)44-31-45(50-47(49-44)37-18-8-3-9-19-37)39-21-12-20-38(29-39)43-30-41(34-15-6-2-7-16-34)46-40-22-11-10-17-35(40)27-28-42(46)48-43/h1-31H. The summed E-state index contributed by atoms with van der Waals surface area (Å²) in [6, 6.07) is 65.6. The van der Waals surface area contributed by atoms with Gasteiger partial charge in [0.15, 0.2) is 5.82 Å². The van der Waals surface area contributed by atoms with Crippen molar-refractivity contribution >= 4 is 21.7 Å². The molecule has 7 aromatic carbocycles. The molecule has 0 unspecified atom stereocenters. The Labute approximate surface area is 291 Å². The summed E-state index contributed by atoms with van der Waals surface area (Å²) in [7, 11) is 0. The first-order valence-electron chi connectivity index (χ1n) is 16.9. The smallest absolute Gasteiger partial charge is 0.160 e. The molecule has 0 spiro atoms. The van der Waals surface area contributed by atoms with E-state index in [2.05, 4.69) is 164 Å². The van der Waals surface area contributed by atoms with Gasteiger partial charge in [-0.1, -0.05) is 164 Å². The lowest BCUT2D eigenvalue weighted by Crippen LogP contribution is -1.96. The predicted molar refractivity (Wildman–Crippen MR) is 207 cm³/mol. The van der Waals surface area contributed by atoms with Crippen LogP contribution in [0.5, 0.6) is 0 Å². The first-order valence-corrected chi connectivity index (χ1v) is 16.9. The highest BCUT2D eigenvalue weighted by Crippen LogP contribution is 2.37. The molecule has 3 nitrogen and oxygen atoms in total. The molecule has 9 aromatic rings. The molecule has 2 aromatic heterocycles. The molecular weight excluding hydrogens is 607 g/mol. The maximum atomic E-state index is 5.25. The maximum absolute atomic E-state index is 5.25. The zero-order valence-electron chi connectivity index (χ0n) is 27.2. The molecule has 0 atom stereocenters. The second-order valence-electron chi connectivity index (χ2n) is 12.5. The topological polar surface area (TPSA) is 38.7 Å². The molecule has 0 aliphatic carbocycles. The summed E-state index contributed by atoms with van der Waals surface area (Å²) in [5.41, 5.74) is 12.4. The molecule has 0 amide bonds. The number of nitrogens with zero attached hydrogens (tertiary/aromatic N) is 3. The lowest BCUT2D eigenvalue weighted by Gasteiger charge is -2.14. The van der Waals surface area contributed by atoms with Gasteiger partial charge in [0.2, 0.25) is 0 Å². The second-order valence-corrected chi connectivity index (χ2v) is 12.5. The third-order valence-electron chi connectivity index (χ3n) is 9.28. The highest BCUT2D eigenvalue weighted by atomic mass is 14.9. The van der Waals surface area contributed by atoms with Crippen LogP contribution in [-0.4, -0.2) is 15.0 Å². The molecule has 9 rings (SSSR count). The summed E-state index contributed by atoms with van der Waals surface area (Å²) in [5, 5.41) is 3.58. The number of rotatable bonds is 6. The van der Waals surface area contributed by atoms with Crippen molar-refractivity contribution in [3.05, 3.63) is 188 Å². The quantitative estimate of drug-likeness (QED) is 0.170. The molecule has 0 N–H and O–H groups in total. The minimum atomic E-state index is 0.692. The van der Waals surface area contributed by atoms with Crippen LogP contribution in [0.1, 0.15) is 0 Å². The molecule has 50 heavy (non-hydrogen) atoms. The first kappa shape index (κ1) is 29.4. The van der Waals surface area contributed by atoms with Crippen LogP contribution in [0.15, 0.2) is 188 Å². The summed E-state index contributed by atoms with van der Waals surface area (Å²) in [4.78, 5) is 15.4. The van der Waals surface area contributed by atoms with E-state index in [1.165, 1.54) is 38.4 Å². The van der Waals surface area contributed by atoms with Gasteiger partial charge in [0.25, 0.3) is 0 Å². The Kier molecular flexibility index (Phi) is 7.49. The first-order chi connectivity index (χ1) is 24.8. The van der Waals surface area contributed by atoms with E-state index in [-0.39, 0.29) is 0 Å². The molecule has 0 aliphatic rings. The average Bonchev–Trinajstić information content (AvgIpc) is 3.21. The molecule has 0 bridgehead atoms. The van der Waals surface area contributed by atoms with Crippen molar-refractivity contribution in [2.24, 2.45) is 0 Å². The van der Waals surface area contributed by atoms with Crippen LogP contribution in [0.25, 0.3) is 89.1 Å². The molecule has 234 valence electrons. The Morgan fingerprint density at radius 1 is 0.300 bits per heavy atom. The Balaban J connectivity index is 1.18. The van der Waals surface area contributed by atoms with Crippen molar-refractivity contribution < 1.29 is 0 Å². The van der Waals surface area contributed by atoms with Crippen LogP contribution < -0.4 is 0 Å². The largest absolute Gasteiger partial charge is 0.248 e. The SMILES string of the molecule is c1ccc(-c2ccc(-c3cc(-c4cccc(-c5cc(-c6ccccc6)c6c(ccc7ccccc76)n5)c4)nc(-c4ccccc4)n3)cc2)cc1. The number of pyridine rings is 1. The fourth-order valence-electron chi connectivity index (χ4n) is 6.76. The Morgan fingerprint density at radius 3 is 1.52 bits per heavy atom. The Bertz CT molecular complexity index is 2610. The lowest BCUT2D eigenvalue weighted by atomic mass is 9.94. The second kappa shape index (κ2) is 12.7. The molecule has 0 saturated carbocycles. The predicted octanol–water partition coefficient (Wildman–Crippen LogP) is 12.2. The van der Waals surface area contributed by atoms with Crippen LogP contribution in [0.3, 0.4) is 0 Å². The summed E-state index contributed by atoms with van der Waals surface area (Å²) in [6.07, 6.45) is 0. The molecular formula is C47H31N3. The highest BCUT2D eigenvalue weighted by Gasteiger charge is 2.15. The molecule has 0 aliphatic heterocycles. The van der Waals surface area contributed by atoms with E-state index < -0.39 is 0 Å². The van der Waals surface area contributed by atoms with E-state index >= 15 is 0 Å². The monoisotopic (exact) mass is 637 g/mol. The average molecular weight is 638 g/mol. The summed E-state index contributed by atoms with van der Waals surface area (Å²) >= 11 is 0. The van der Waals surface area contributed by atoms with Gasteiger partial charge in [-0.25, -0.2) is 15.0 Å². The van der Waals surface area contributed by atoms with Crippen molar-refractivity contribution in [1.29, 1.82) is 0 Å². The summed E-state index contributed by atoms with van der Waals surface area (Å²) < 4.78 is 0. The molecule has 3 heteroatoms. The molecule has 0 fully saturated rings. The Hall–Kier alpha value is -6.71. The van der Waals surface area contributed by atoms with Crippen molar-refractivity contribution in [3.63, 3.8) is 0 Å². The van der Waals surface area contributed by atoms with Gasteiger partial charge < -0.3 is 0 Å². The van der Waals surface area contributed by atoms with E-state index in [4.69, 9.17) is 15.0 Å². The van der Waals surface area contributed by atoms with Crippen LogP contribution in [0.2, 0.25) is 0 Å². The highest BCUT2D eigenvalue weighted by molar-refractivity contribution is 6.13. The van der Waals surface area contributed by atoms with Gasteiger partial charge in [-0.05, 0) is 57.3 Å². The summed E-state index contributed by atoms with van der Waals surface area (Å²) in [5.74, 6) is 0.692. The van der Waals surface area contributed by atoms with E-state index in [1.807, 2.05) is 24.3 Å². The van der Waals surface area contributed by atoms with Gasteiger partial charge in [0.05, 0.1) is 22.6 Å². The molecule has 0 radical (unpaired) electrons. The number of benzene rings is 7. The third-order valence-corrected chi connectivity index (χ3v) is 9.28. The van der Waals surface area contributed by atoms with Crippen molar-refractivity contribution in [2.45, 2.75) is 0 Å². The zero-order valence-corrected chi connectivity index (χ0v) is 27.2. The van der Waals surface area contributed by atoms with E-state index in [0.717, 1.165) is 44.9 Å². The fraction of sp³-hybridized carbons (Fsp3) is 0. The molecule has 0 saturated heterocycles. The zero-order chi connectivity index (χ0) is 33.3. The van der Waals surface area contributed by atoms with Gasteiger partial charge in [-0.2, -0.15) is 0 Å². The van der Waals surface area contributed by atoms with Crippen LogP contribution in [-0.2, 0) is 0 Å². The van der Waals surface area contributed by atoms with Gasteiger partial charge in [0, 0.05) is 27.6 Å². The van der Waals surface area contributed by atoms with Gasteiger partial charge in [0.1, 0.15) is 0 Å². The van der Waals surface area contributed by atoms with Crippen LogP contribution in [0.4, 0.5) is 0 Å². The van der Waals surface area contributed by atoms with Crippen molar-refractivity contribution in [1.82, 2.24) is 15.0 Å². The van der Waals surface area contributed by atoms with Gasteiger partial charge >= 0.3 is 0 Å². The van der Waals surface area contributed by atoms with E-state index in [1.54, 1.807) is 0 Å².